The summed E-state index contributed by atoms with van der Waals surface area (Å²) in [5, 5.41) is 3.76. The fourth-order valence-corrected chi connectivity index (χ4v) is 4.53. The van der Waals surface area contributed by atoms with Crippen LogP contribution in [0, 0.1) is 5.92 Å². The summed E-state index contributed by atoms with van der Waals surface area (Å²) in [5.41, 5.74) is 2.15. The van der Waals surface area contributed by atoms with Crippen molar-refractivity contribution in [1.29, 1.82) is 0 Å². The van der Waals surface area contributed by atoms with Gasteiger partial charge in [-0.2, -0.15) is 0 Å². The highest BCUT2D eigenvalue weighted by Gasteiger charge is 2.39. The van der Waals surface area contributed by atoms with Crippen LogP contribution in [-0.2, 0) is 9.53 Å². The number of likely N-dealkylation sites (tertiary alicyclic amines) is 1. The molecule has 2 saturated heterocycles. The summed E-state index contributed by atoms with van der Waals surface area (Å²) in [6.07, 6.45) is 3.46. The maximum Gasteiger partial charge on any atom is 0.273 e. The van der Waals surface area contributed by atoms with E-state index in [1.165, 1.54) is 11.3 Å². The van der Waals surface area contributed by atoms with E-state index in [-0.39, 0.29) is 23.8 Å². The zero-order chi connectivity index (χ0) is 17.9. The van der Waals surface area contributed by atoms with Gasteiger partial charge in [0, 0.05) is 48.4 Å². The Morgan fingerprint density at radius 2 is 2.15 bits per heavy atom. The molecule has 2 aliphatic rings. The van der Waals surface area contributed by atoms with E-state index in [0.717, 1.165) is 4.88 Å². The van der Waals surface area contributed by atoms with Crippen LogP contribution >= 0.6 is 22.7 Å². The molecule has 0 saturated carbocycles. The summed E-state index contributed by atoms with van der Waals surface area (Å²) < 4.78 is 5.93. The molecule has 6 nitrogen and oxygen atoms in total. The molecule has 4 rings (SSSR count). The number of carbonyl (C=O) groups excluding carboxylic acids is 2. The molecule has 2 aromatic heterocycles. The molecule has 136 valence electrons. The average Bonchev–Trinajstić information content (AvgIpc) is 3.39. The first kappa shape index (κ1) is 17.4. The third-order valence-corrected chi connectivity index (χ3v) is 6.14. The summed E-state index contributed by atoms with van der Waals surface area (Å²) in [4.78, 5) is 33.8. The zero-order valence-electron chi connectivity index (χ0n) is 14.1. The van der Waals surface area contributed by atoms with Crippen LogP contribution in [0.5, 0.6) is 0 Å². The van der Waals surface area contributed by atoms with E-state index in [1.807, 2.05) is 28.5 Å². The lowest BCUT2D eigenvalue weighted by molar-refractivity contribution is -0.125. The molecule has 0 bridgehead atoms. The van der Waals surface area contributed by atoms with Crippen LogP contribution in [0.25, 0.3) is 6.08 Å². The Balaban J connectivity index is 1.39. The summed E-state index contributed by atoms with van der Waals surface area (Å²) in [6.45, 7) is 2.84. The molecule has 0 spiro atoms. The second kappa shape index (κ2) is 7.69. The summed E-state index contributed by atoms with van der Waals surface area (Å²) in [5.74, 6) is 0.0736. The second-order valence-corrected chi connectivity index (χ2v) is 8.08. The number of nitrogens with zero attached hydrogens (tertiary/aromatic N) is 3. The smallest absolute Gasteiger partial charge is 0.273 e. The largest absolute Gasteiger partial charge is 0.374 e. The van der Waals surface area contributed by atoms with Crippen molar-refractivity contribution >= 4 is 40.6 Å². The highest BCUT2D eigenvalue weighted by Crippen LogP contribution is 2.25. The Hall–Kier alpha value is -2.03. The van der Waals surface area contributed by atoms with Crippen LogP contribution in [0.15, 0.2) is 34.5 Å². The minimum Gasteiger partial charge on any atom is -0.374 e. The van der Waals surface area contributed by atoms with Crippen molar-refractivity contribution < 1.29 is 14.3 Å². The van der Waals surface area contributed by atoms with Crippen molar-refractivity contribution in [3.05, 3.63) is 45.1 Å². The van der Waals surface area contributed by atoms with Crippen LogP contribution in [0.1, 0.15) is 15.4 Å². The van der Waals surface area contributed by atoms with Gasteiger partial charge in [0.25, 0.3) is 5.91 Å². The van der Waals surface area contributed by atoms with Crippen LogP contribution in [0.4, 0.5) is 0 Å². The standard InChI is InChI=1S/C18H19N3O3S2/c22-17(4-3-14-2-1-7-26-14)21-9-13-8-20(5-6-24-16(13)10-21)18(23)15-11-25-12-19-15/h1-4,7,11-13,16H,5-6,8-10H2/b4-3+/t13-,16+/m0/s1. The number of thiophene rings is 1. The molecule has 0 radical (unpaired) electrons. The number of aromatic nitrogens is 1. The van der Waals surface area contributed by atoms with Crippen LogP contribution in [0.3, 0.4) is 0 Å². The fourth-order valence-electron chi connectivity index (χ4n) is 3.38. The SMILES string of the molecule is O=C(/C=C/c1cccs1)N1C[C@@H]2CN(C(=O)c3cscn3)CCO[C@@H]2C1. The lowest BCUT2D eigenvalue weighted by Crippen LogP contribution is -2.38. The molecule has 2 aromatic rings. The third kappa shape index (κ3) is 3.72. The van der Waals surface area contributed by atoms with E-state index in [0.29, 0.717) is 38.5 Å². The van der Waals surface area contributed by atoms with Gasteiger partial charge in [0.15, 0.2) is 0 Å². The van der Waals surface area contributed by atoms with Crippen molar-refractivity contribution in [2.24, 2.45) is 5.92 Å². The predicted molar refractivity (Wildman–Crippen MR) is 101 cm³/mol. The van der Waals surface area contributed by atoms with Gasteiger partial charge in [-0.15, -0.1) is 22.7 Å². The quantitative estimate of drug-likeness (QED) is 0.755. The lowest BCUT2D eigenvalue weighted by atomic mass is 10.1. The third-order valence-electron chi connectivity index (χ3n) is 4.71. The minimum atomic E-state index is -0.0575. The maximum atomic E-state index is 12.6. The lowest BCUT2D eigenvalue weighted by Gasteiger charge is -2.22. The number of amides is 2. The van der Waals surface area contributed by atoms with Gasteiger partial charge in [0.1, 0.15) is 5.69 Å². The maximum absolute atomic E-state index is 12.6. The Labute approximate surface area is 159 Å². The van der Waals surface area contributed by atoms with Gasteiger partial charge >= 0.3 is 0 Å². The fraction of sp³-hybridized carbons (Fsp3) is 0.389. The normalized spacial score (nSPS) is 23.2. The molecule has 0 unspecified atom stereocenters. The Kier molecular flexibility index (Phi) is 5.14. The average molecular weight is 390 g/mol. The number of rotatable bonds is 3. The van der Waals surface area contributed by atoms with Crippen LogP contribution in [0.2, 0.25) is 0 Å². The molecule has 2 amide bonds. The van der Waals surface area contributed by atoms with E-state index < -0.39 is 0 Å². The Morgan fingerprint density at radius 1 is 1.27 bits per heavy atom. The number of thiazole rings is 1. The van der Waals surface area contributed by atoms with Gasteiger partial charge in [-0.1, -0.05) is 6.07 Å². The van der Waals surface area contributed by atoms with Crippen LogP contribution in [-0.4, -0.2) is 65.5 Å². The van der Waals surface area contributed by atoms with E-state index in [9.17, 15) is 9.59 Å². The molecule has 8 heteroatoms. The van der Waals surface area contributed by atoms with Gasteiger partial charge in [0.05, 0.1) is 18.2 Å². The van der Waals surface area contributed by atoms with Gasteiger partial charge in [-0.25, -0.2) is 4.98 Å². The van der Waals surface area contributed by atoms with Crippen molar-refractivity contribution in [1.82, 2.24) is 14.8 Å². The number of hydrogen-bond acceptors (Lipinski definition) is 6. The minimum absolute atomic E-state index is 0.00699. The second-order valence-electron chi connectivity index (χ2n) is 6.39. The van der Waals surface area contributed by atoms with Crippen molar-refractivity contribution in [2.75, 3.05) is 32.8 Å². The summed E-state index contributed by atoms with van der Waals surface area (Å²) in [6, 6.07) is 3.94. The summed E-state index contributed by atoms with van der Waals surface area (Å²) in [7, 11) is 0. The van der Waals surface area contributed by atoms with Crippen molar-refractivity contribution in [2.45, 2.75) is 6.10 Å². The molecule has 26 heavy (non-hydrogen) atoms. The van der Waals surface area contributed by atoms with Gasteiger partial charge < -0.3 is 14.5 Å². The molecule has 2 atom stereocenters. The first-order chi connectivity index (χ1) is 12.7. The first-order valence-corrected chi connectivity index (χ1v) is 10.3. The number of fused-ring (bicyclic) bond motifs is 1. The predicted octanol–water partition coefficient (Wildman–Crippen LogP) is 2.22. The van der Waals surface area contributed by atoms with Gasteiger partial charge in [-0.05, 0) is 17.5 Å². The monoisotopic (exact) mass is 389 g/mol. The van der Waals surface area contributed by atoms with E-state index in [4.69, 9.17) is 4.74 Å². The summed E-state index contributed by atoms with van der Waals surface area (Å²) >= 11 is 3.02. The molecular formula is C18H19N3O3S2. The van der Waals surface area contributed by atoms with Gasteiger partial charge in [-0.3, -0.25) is 9.59 Å². The molecule has 0 N–H and O–H groups in total. The van der Waals surface area contributed by atoms with E-state index in [1.54, 1.807) is 33.2 Å². The van der Waals surface area contributed by atoms with Gasteiger partial charge in [0.2, 0.25) is 5.91 Å². The Morgan fingerprint density at radius 3 is 2.92 bits per heavy atom. The number of hydrogen-bond donors (Lipinski definition) is 0. The van der Waals surface area contributed by atoms with Crippen molar-refractivity contribution in [3.8, 4) is 0 Å². The number of ether oxygens (including phenoxy) is 1. The first-order valence-electron chi connectivity index (χ1n) is 8.50. The van der Waals surface area contributed by atoms with E-state index in [2.05, 4.69) is 4.98 Å². The zero-order valence-corrected chi connectivity index (χ0v) is 15.7. The number of carbonyl (C=O) groups is 2. The molecule has 2 aliphatic heterocycles. The molecule has 0 aromatic carbocycles. The molecule has 4 heterocycles. The molecular weight excluding hydrogens is 370 g/mol. The molecule has 0 aliphatic carbocycles. The van der Waals surface area contributed by atoms with E-state index >= 15 is 0 Å². The van der Waals surface area contributed by atoms with Crippen molar-refractivity contribution in [3.63, 3.8) is 0 Å². The topological polar surface area (TPSA) is 62.7 Å². The molecule has 2 fully saturated rings. The Bertz CT molecular complexity index is 789. The highest BCUT2D eigenvalue weighted by atomic mass is 32.1. The highest BCUT2D eigenvalue weighted by molar-refractivity contribution is 7.10. The van der Waals surface area contributed by atoms with Crippen LogP contribution < -0.4 is 0 Å².